The van der Waals surface area contributed by atoms with Gasteiger partial charge in [-0.2, -0.15) is 5.26 Å². The van der Waals surface area contributed by atoms with Crippen molar-refractivity contribution in [2.24, 2.45) is 0 Å². The van der Waals surface area contributed by atoms with Gasteiger partial charge in [-0.1, -0.05) is 0 Å². The van der Waals surface area contributed by atoms with Crippen molar-refractivity contribution in [3.05, 3.63) is 35.2 Å². The quantitative estimate of drug-likeness (QED) is 0.636. The lowest BCUT2D eigenvalue weighted by molar-refractivity contribution is -0.134. The molecule has 1 aromatic rings. The number of carbonyl (C=O) groups is 2. The van der Waals surface area contributed by atoms with Gasteiger partial charge in [-0.3, -0.25) is 4.79 Å². The summed E-state index contributed by atoms with van der Waals surface area (Å²) in [6.07, 6.45) is 2.24. The zero-order valence-electron chi connectivity index (χ0n) is 10.9. The number of carboxylic acid groups (broad SMARTS) is 1. The van der Waals surface area contributed by atoms with Gasteiger partial charge in [-0.05, 0) is 24.6 Å². The van der Waals surface area contributed by atoms with Crippen molar-refractivity contribution in [2.45, 2.75) is 12.8 Å². The first kappa shape index (κ1) is 14.5. The number of anilines is 1. The van der Waals surface area contributed by atoms with Crippen LogP contribution in [0.3, 0.4) is 0 Å². The Bertz CT molecular complexity index is 676. The molecule has 0 fully saturated rings. The van der Waals surface area contributed by atoms with E-state index >= 15 is 0 Å². The fourth-order valence-corrected chi connectivity index (χ4v) is 1.88. The van der Waals surface area contributed by atoms with Crippen molar-refractivity contribution in [1.82, 2.24) is 0 Å². The minimum absolute atomic E-state index is 0.0272. The number of esters is 1. The van der Waals surface area contributed by atoms with Gasteiger partial charge in [0, 0.05) is 12.0 Å². The molecule has 6 nitrogen and oxygen atoms in total. The Morgan fingerprint density at radius 1 is 1.48 bits per heavy atom. The number of ether oxygens (including phenoxy) is 1. The lowest BCUT2D eigenvalue weighted by atomic mass is 10.1. The van der Waals surface area contributed by atoms with Crippen LogP contribution in [0.4, 0.5) is 10.1 Å². The van der Waals surface area contributed by atoms with Gasteiger partial charge in [0.2, 0.25) is 0 Å². The summed E-state index contributed by atoms with van der Waals surface area (Å²) in [5.74, 6) is -2.28. The Morgan fingerprint density at radius 3 is 2.90 bits per heavy atom. The fourth-order valence-electron chi connectivity index (χ4n) is 1.88. The van der Waals surface area contributed by atoms with E-state index in [9.17, 15) is 14.0 Å². The van der Waals surface area contributed by atoms with Crippen LogP contribution in [-0.2, 0) is 9.53 Å². The van der Waals surface area contributed by atoms with E-state index in [0.29, 0.717) is 12.0 Å². The number of aliphatic carboxylic acids is 1. The minimum atomic E-state index is -1.13. The highest BCUT2D eigenvalue weighted by atomic mass is 19.1. The van der Waals surface area contributed by atoms with Crippen LogP contribution in [0.2, 0.25) is 0 Å². The molecule has 0 spiro atoms. The molecule has 0 saturated carbocycles. The summed E-state index contributed by atoms with van der Waals surface area (Å²) in [7, 11) is 0. The van der Waals surface area contributed by atoms with E-state index in [-0.39, 0.29) is 23.4 Å². The predicted molar refractivity (Wildman–Crippen MR) is 70.8 cm³/mol. The molecule has 1 aromatic carbocycles. The molecule has 7 heteroatoms. The topological polar surface area (TPSA) is 99.4 Å². The molecule has 1 heterocycles. The van der Waals surface area contributed by atoms with Crippen LogP contribution in [-0.4, -0.2) is 23.6 Å². The lowest BCUT2D eigenvalue weighted by Gasteiger charge is -2.06. The zero-order valence-corrected chi connectivity index (χ0v) is 10.9. The number of cyclic esters (lactones) is 1. The second-order valence-electron chi connectivity index (χ2n) is 4.28. The molecule has 0 unspecified atom stereocenters. The van der Waals surface area contributed by atoms with Crippen molar-refractivity contribution >= 4 is 23.4 Å². The highest BCUT2D eigenvalue weighted by Crippen LogP contribution is 2.33. The third-order valence-electron chi connectivity index (χ3n) is 2.81. The van der Waals surface area contributed by atoms with Crippen LogP contribution in [0, 0.1) is 17.1 Å². The summed E-state index contributed by atoms with van der Waals surface area (Å²) in [4.78, 5) is 22.1. The molecular formula is C14H11FN2O4. The van der Waals surface area contributed by atoms with E-state index in [4.69, 9.17) is 15.1 Å². The average molecular weight is 290 g/mol. The fraction of sp³-hybridized carbons (Fsp3) is 0.214. The molecule has 0 radical (unpaired) electrons. The van der Waals surface area contributed by atoms with Crippen LogP contribution in [0.5, 0.6) is 0 Å². The molecule has 0 aliphatic carbocycles. The number of halogens is 1. The summed E-state index contributed by atoms with van der Waals surface area (Å²) < 4.78 is 18.8. The number of carbonyl (C=O) groups excluding carboxylic acids is 1. The number of nitrogens with zero attached hydrogens (tertiary/aromatic N) is 1. The average Bonchev–Trinajstić information content (AvgIpc) is 2.73. The molecule has 0 bridgehead atoms. The number of allylic oxidation sites excluding steroid dienone is 1. The van der Waals surface area contributed by atoms with Crippen LogP contribution in [0.25, 0.3) is 5.76 Å². The van der Waals surface area contributed by atoms with Gasteiger partial charge in [0.05, 0.1) is 17.3 Å². The van der Waals surface area contributed by atoms with Gasteiger partial charge < -0.3 is 15.2 Å². The second-order valence-corrected chi connectivity index (χ2v) is 4.28. The number of hydrogen-bond acceptors (Lipinski definition) is 5. The number of hydrogen-bond donors (Lipinski definition) is 2. The van der Waals surface area contributed by atoms with Crippen molar-refractivity contribution in [3.63, 3.8) is 0 Å². The maximum Gasteiger partial charge on any atom is 0.344 e. The van der Waals surface area contributed by atoms with E-state index in [1.807, 2.05) is 6.07 Å². The maximum absolute atomic E-state index is 13.8. The predicted octanol–water partition coefficient (Wildman–Crippen LogP) is 2.14. The van der Waals surface area contributed by atoms with E-state index in [0.717, 1.165) is 6.07 Å². The van der Waals surface area contributed by atoms with Gasteiger partial charge in [0.15, 0.2) is 0 Å². The molecule has 1 aliphatic rings. The Hall–Kier alpha value is -2.88. The van der Waals surface area contributed by atoms with E-state index in [1.165, 1.54) is 6.07 Å². The van der Waals surface area contributed by atoms with Crippen LogP contribution >= 0.6 is 0 Å². The van der Waals surface area contributed by atoms with Crippen molar-refractivity contribution in [3.8, 4) is 6.07 Å². The zero-order chi connectivity index (χ0) is 15.4. The van der Waals surface area contributed by atoms with E-state index in [2.05, 4.69) is 5.32 Å². The first-order chi connectivity index (χ1) is 10.0. The first-order valence-electron chi connectivity index (χ1n) is 6.11. The number of rotatable bonds is 5. The smallest absolute Gasteiger partial charge is 0.344 e. The summed E-state index contributed by atoms with van der Waals surface area (Å²) in [5.41, 5.74) is 0.435. The number of nitrogens with one attached hydrogen (secondary N) is 1. The largest absolute Gasteiger partial charge is 0.480 e. The van der Waals surface area contributed by atoms with Crippen LogP contribution < -0.4 is 5.32 Å². The summed E-state index contributed by atoms with van der Waals surface area (Å²) in [6, 6.07) is 4.29. The highest BCUT2D eigenvalue weighted by molar-refractivity contribution is 6.03. The molecule has 1 aliphatic heterocycles. The third-order valence-corrected chi connectivity index (χ3v) is 2.81. The molecule has 2 N–H and O–H groups in total. The molecular weight excluding hydrogens is 279 g/mol. The molecule has 0 aromatic heterocycles. The van der Waals surface area contributed by atoms with Crippen LogP contribution in [0.15, 0.2) is 18.2 Å². The summed E-state index contributed by atoms with van der Waals surface area (Å²) in [5, 5.41) is 19.5. The maximum atomic E-state index is 13.8. The van der Waals surface area contributed by atoms with Gasteiger partial charge in [-0.15, -0.1) is 0 Å². The SMILES string of the molecule is N#CCC/C=C1/OC(=O)c2cc(F)c(NCC(=O)O)cc21. The van der Waals surface area contributed by atoms with Gasteiger partial charge in [-0.25, -0.2) is 9.18 Å². The number of nitriles is 1. The molecule has 108 valence electrons. The first-order valence-corrected chi connectivity index (χ1v) is 6.11. The lowest BCUT2D eigenvalue weighted by Crippen LogP contribution is -2.13. The molecule has 0 amide bonds. The molecule has 0 saturated heterocycles. The van der Waals surface area contributed by atoms with Crippen molar-refractivity contribution in [1.29, 1.82) is 5.26 Å². The minimum Gasteiger partial charge on any atom is -0.480 e. The Morgan fingerprint density at radius 2 is 2.24 bits per heavy atom. The highest BCUT2D eigenvalue weighted by Gasteiger charge is 2.28. The Balaban J connectivity index is 2.33. The molecule has 0 atom stereocenters. The monoisotopic (exact) mass is 290 g/mol. The Labute approximate surface area is 119 Å². The van der Waals surface area contributed by atoms with E-state index < -0.39 is 24.3 Å². The van der Waals surface area contributed by atoms with Crippen LogP contribution in [0.1, 0.15) is 28.8 Å². The summed E-state index contributed by atoms with van der Waals surface area (Å²) in [6.45, 7) is -0.446. The van der Waals surface area contributed by atoms with Gasteiger partial charge in [0.25, 0.3) is 0 Å². The van der Waals surface area contributed by atoms with E-state index in [1.54, 1.807) is 6.08 Å². The Kier molecular flexibility index (Phi) is 4.18. The van der Waals surface area contributed by atoms with Crippen molar-refractivity contribution < 1.29 is 23.8 Å². The van der Waals surface area contributed by atoms with Crippen molar-refractivity contribution in [2.75, 3.05) is 11.9 Å². The normalized spacial score (nSPS) is 14.5. The molecule has 21 heavy (non-hydrogen) atoms. The molecule has 2 rings (SSSR count). The number of carboxylic acids is 1. The number of benzene rings is 1. The standard InChI is InChI=1S/C14H11FN2O4/c15-10-5-9-8(6-11(10)17-7-13(18)19)12(21-14(9)20)3-1-2-4-16/h3,5-6,17H,1-2,7H2,(H,18,19)/b12-3+. The third kappa shape index (κ3) is 3.17. The second kappa shape index (κ2) is 6.05. The number of fused-ring (bicyclic) bond motifs is 1. The van der Waals surface area contributed by atoms with Gasteiger partial charge in [0.1, 0.15) is 18.1 Å². The number of unbranched alkanes of at least 4 members (excludes halogenated alkanes) is 1. The summed E-state index contributed by atoms with van der Waals surface area (Å²) >= 11 is 0. The van der Waals surface area contributed by atoms with Gasteiger partial charge >= 0.3 is 11.9 Å².